The van der Waals surface area contributed by atoms with Gasteiger partial charge >= 0.3 is 18.6 Å². The third kappa shape index (κ3) is 6.19. The first-order valence-corrected chi connectivity index (χ1v) is 7.07. The van der Waals surface area contributed by atoms with Gasteiger partial charge < -0.3 is 14.8 Å². The normalized spacial score (nSPS) is 11.8. The number of alkyl halides is 2. The van der Waals surface area contributed by atoms with Gasteiger partial charge in [0.25, 0.3) is 5.91 Å². The fourth-order valence-corrected chi connectivity index (χ4v) is 1.62. The maximum Gasteiger partial charge on any atom is 0.387 e. The Balaban J connectivity index is 2.70. The van der Waals surface area contributed by atoms with Gasteiger partial charge in [0.2, 0.25) is 0 Å². The van der Waals surface area contributed by atoms with Gasteiger partial charge in [0.1, 0.15) is 11.3 Å². The second-order valence-electron chi connectivity index (χ2n) is 5.04. The highest BCUT2D eigenvalue weighted by Gasteiger charge is 2.23. The van der Waals surface area contributed by atoms with Crippen LogP contribution in [0.1, 0.15) is 31.1 Å². The molecule has 132 valence electrons. The van der Waals surface area contributed by atoms with Crippen LogP contribution in [0.2, 0.25) is 0 Å². The SMILES string of the molecule is CC(C)NC(=O)NC(=O)[C@@H](C)OC(=O)c1ccccc1OC(F)F. The molecule has 24 heavy (non-hydrogen) atoms. The quantitative estimate of drug-likeness (QED) is 0.771. The first-order valence-electron chi connectivity index (χ1n) is 7.07. The lowest BCUT2D eigenvalue weighted by Gasteiger charge is -2.15. The summed E-state index contributed by atoms with van der Waals surface area (Å²) < 4.78 is 33.7. The smallest absolute Gasteiger partial charge is 0.387 e. The minimum absolute atomic E-state index is 0.186. The molecule has 1 rings (SSSR count). The lowest BCUT2D eigenvalue weighted by Crippen LogP contribution is -2.46. The highest BCUT2D eigenvalue weighted by molar-refractivity contribution is 5.99. The Morgan fingerprint density at radius 1 is 1.08 bits per heavy atom. The summed E-state index contributed by atoms with van der Waals surface area (Å²) in [4.78, 5) is 35.2. The van der Waals surface area contributed by atoms with Crippen molar-refractivity contribution in [3.8, 4) is 5.75 Å². The number of esters is 1. The monoisotopic (exact) mass is 344 g/mol. The minimum atomic E-state index is -3.11. The van der Waals surface area contributed by atoms with Crippen molar-refractivity contribution >= 4 is 17.9 Å². The number of hydrogen-bond donors (Lipinski definition) is 2. The summed E-state index contributed by atoms with van der Waals surface area (Å²) in [5, 5.41) is 4.43. The van der Waals surface area contributed by atoms with Gasteiger partial charge in [0.05, 0.1) is 0 Å². The van der Waals surface area contributed by atoms with Gasteiger partial charge in [-0.1, -0.05) is 12.1 Å². The molecule has 0 aliphatic rings. The molecule has 0 saturated carbocycles. The molecule has 0 unspecified atom stereocenters. The van der Waals surface area contributed by atoms with Crippen molar-refractivity contribution in [1.82, 2.24) is 10.6 Å². The number of hydrogen-bond acceptors (Lipinski definition) is 5. The summed E-state index contributed by atoms with van der Waals surface area (Å²) in [5.41, 5.74) is -0.260. The molecule has 1 aromatic rings. The zero-order valence-corrected chi connectivity index (χ0v) is 13.3. The third-order valence-corrected chi connectivity index (χ3v) is 2.63. The Bertz CT molecular complexity index is 607. The van der Waals surface area contributed by atoms with E-state index in [0.29, 0.717) is 0 Å². The van der Waals surface area contributed by atoms with Gasteiger partial charge in [-0.3, -0.25) is 10.1 Å². The molecule has 9 heteroatoms. The number of amides is 3. The number of imide groups is 1. The minimum Gasteiger partial charge on any atom is -0.449 e. The van der Waals surface area contributed by atoms with Gasteiger partial charge in [-0.15, -0.1) is 0 Å². The molecule has 7 nitrogen and oxygen atoms in total. The predicted octanol–water partition coefficient (Wildman–Crippen LogP) is 2.07. The maximum absolute atomic E-state index is 12.3. The lowest BCUT2D eigenvalue weighted by molar-refractivity contribution is -0.128. The number of benzene rings is 1. The molecule has 0 bridgehead atoms. The lowest BCUT2D eigenvalue weighted by atomic mass is 10.2. The summed E-state index contributed by atoms with van der Waals surface area (Å²) in [5.74, 6) is -2.26. The van der Waals surface area contributed by atoms with E-state index in [1.165, 1.54) is 31.2 Å². The zero-order valence-electron chi connectivity index (χ0n) is 13.3. The van der Waals surface area contributed by atoms with Crippen LogP contribution in [0.15, 0.2) is 24.3 Å². The standard InChI is InChI=1S/C15H18F2N2O5/c1-8(2)18-15(22)19-12(20)9(3)23-13(21)10-6-4-5-7-11(10)24-14(16)17/h4-9,14H,1-3H3,(H2,18,19,20,22)/t9-/m1/s1. The molecule has 1 atom stereocenters. The molecule has 0 aromatic heterocycles. The fraction of sp³-hybridized carbons (Fsp3) is 0.400. The first-order chi connectivity index (χ1) is 11.2. The highest BCUT2D eigenvalue weighted by Crippen LogP contribution is 2.21. The van der Waals surface area contributed by atoms with Crippen molar-refractivity contribution in [2.45, 2.75) is 39.5 Å². The number of ether oxygens (including phenoxy) is 2. The van der Waals surface area contributed by atoms with Crippen molar-refractivity contribution in [3.63, 3.8) is 0 Å². The molecule has 0 aliphatic heterocycles. The van der Waals surface area contributed by atoms with E-state index >= 15 is 0 Å². The summed E-state index contributed by atoms with van der Waals surface area (Å²) in [7, 11) is 0. The van der Waals surface area contributed by atoms with Crippen LogP contribution in [0, 0.1) is 0 Å². The molecule has 0 saturated heterocycles. The van der Waals surface area contributed by atoms with E-state index in [9.17, 15) is 23.2 Å². The summed E-state index contributed by atoms with van der Waals surface area (Å²) >= 11 is 0. The Morgan fingerprint density at radius 2 is 1.71 bits per heavy atom. The fourth-order valence-electron chi connectivity index (χ4n) is 1.62. The van der Waals surface area contributed by atoms with E-state index < -0.39 is 30.6 Å². The average Bonchev–Trinajstić information content (AvgIpc) is 2.45. The van der Waals surface area contributed by atoms with E-state index in [1.807, 2.05) is 5.32 Å². The molecular formula is C15H18F2N2O5. The predicted molar refractivity (Wildman–Crippen MR) is 79.8 cm³/mol. The van der Waals surface area contributed by atoms with Crippen LogP contribution >= 0.6 is 0 Å². The van der Waals surface area contributed by atoms with Crippen molar-refractivity contribution in [2.24, 2.45) is 0 Å². The van der Waals surface area contributed by atoms with Crippen LogP contribution in [-0.4, -0.2) is 36.7 Å². The van der Waals surface area contributed by atoms with Crippen molar-refractivity contribution < 1.29 is 32.6 Å². The van der Waals surface area contributed by atoms with Gasteiger partial charge in [0, 0.05) is 6.04 Å². The van der Waals surface area contributed by atoms with E-state index in [0.717, 1.165) is 0 Å². The summed E-state index contributed by atoms with van der Waals surface area (Å²) in [6.07, 6.45) is -1.31. The highest BCUT2D eigenvalue weighted by atomic mass is 19.3. The van der Waals surface area contributed by atoms with Crippen LogP contribution in [0.4, 0.5) is 13.6 Å². The molecule has 2 N–H and O–H groups in total. The number of rotatable bonds is 6. The number of carbonyl (C=O) groups is 3. The van der Waals surface area contributed by atoms with Gasteiger partial charge in [-0.2, -0.15) is 8.78 Å². The molecule has 0 heterocycles. The molecule has 0 fully saturated rings. The number of urea groups is 1. The Morgan fingerprint density at radius 3 is 2.29 bits per heavy atom. The van der Waals surface area contributed by atoms with Crippen LogP contribution in [0.25, 0.3) is 0 Å². The van der Waals surface area contributed by atoms with Gasteiger partial charge in [-0.05, 0) is 32.9 Å². The van der Waals surface area contributed by atoms with E-state index in [2.05, 4.69) is 10.1 Å². The van der Waals surface area contributed by atoms with Crippen molar-refractivity contribution in [1.29, 1.82) is 0 Å². The summed E-state index contributed by atoms with van der Waals surface area (Å²) in [6, 6.07) is 4.30. The maximum atomic E-state index is 12.3. The van der Waals surface area contributed by atoms with Crippen LogP contribution in [0.5, 0.6) is 5.75 Å². The number of carbonyl (C=O) groups excluding carboxylic acids is 3. The third-order valence-electron chi connectivity index (χ3n) is 2.63. The van der Waals surface area contributed by atoms with E-state index in [4.69, 9.17) is 4.74 Å². The second-order valence-corrected chi connectivity index (χ2v) is 5.04. The Labute approximate surface area is 137 Å². The molecule has 1 aromatic carbocycles. The van der Waals surface area contributed by atoms with Crippen LogP contribution < -0.4 is 15.4 Å². The van der Waals surface area contributed by atoms with Crippen molar-refractivity contribution in [2.75, 3.05) is 0 Å². The van der Waals surface area contributed by atoms with Gasteiger partial charge in [0.15, 0.2) is 6.10 Å². The average molecular weight is 344 g/mol. The van der Waals surface area contributed by atoms with Crippen LogP contribution in [0.3, 0.4) is 0 Å². The Hall–Kier alpha value is -2.71. The van der Waals surface area contributed by atoms with Crippen molar-refractivity contribution in [3.05, 3.63) is 29.8 Å². The molecule has 0 spiro atoms. The zero-order chi connectivity index (χ0) is 18.3. The van der Waals surface area contributed by atoms with Crippen LogP contribution in [-0.2, 0) is 9.53 Å². The molecule has 0 aliphatic carbocycles. The number of halogens is 2. The van der Waals surface area contributed by atoms with E-state index in [-0.39, 0.29) is 17.4 Å². The number of para-hydroxylation sites is 1. The summed E-state index contributed by atoms with van der Waals surface area (Å²) in [6.45, 7) is 1.53. The molecular weight excluding hydrogens is 326 g/mol. The number of nitrogens with one attached hydrogen (secondary N) is 2. The largest absolute Gasteiger partial charge is 0.449 e. The first kappa shape index (κ1) is 19.3. The van der Waals surface area contributed by atoms with E-state index in [1.54, 1.807) is 13.8 Å². The topological polar surface area (TPSA) is 93.7 Å². The van der Waals surface area contributed by atoms with Gasteiger partial charge in [-0.25, -0.2) is 9.59 Å². The second kappa shape index (κ2) is 8.80. The molecule has 3 amide bonds. The molecule has 0 radical (unpaired) electrons. The Kier molecular flexibility index (Phi) is 7.09.